The first-order valence-corrected chi connectivity index (χ1v) is 6.17. The van der Waals surface area contributed by atoms with Gasteiger partial charge in [0.15, 0.2) is 0 Å². The molecule has 0 amide bonds. The Bertz CT molecular complexity index is 174. The lowest BCUT2D eigenvalue weighted by atomic mass is 10.2. The molecule has 0 aromatic carbocycles. The molecule has 16 heavy (non-hydrogen) atoms. The standard InChI is InChI=1S/C12H25NO3/c1-10(7-15-2)5-13-6-12(14)9-16-8-11-3-4-11/h10-14H,3-9H2,1-2H3. The minimum absolute atomic E-state index is 0.395. The van der Waals surface area contributed by atoms with Crippen LogP contribution < -0.4 is 5.32 Å². The normalized spacial score (nSPS) is 19.7. The maximum atomic E-state index is 9.61. The lowest BCUT2D eigenvalue weighted by molar-refractivity contribution is 0.0317. The Kier molecular flexibility index (Phi) is 6.96. The molecule has 0 heterocycles. The van der Waals surface area contributed by atoms with Gasteiger partial charge in [-0.15, -0.1) is 0 Å². The van der Waals surface area contributed by atoms with Crippen molar-refractivity contribution in [2.75, 3.05) is 40.0 Å². The van der Waals surface area contributed by atoms with Gasteiger partial charge in [-0.1, -0.05) is 6.92 Å². The summed E-state index contributed by atoms with van der Waals surface area (Å²) < 4.78 is 10.4. The molecule has 1 aliphatic carbocycles. The smallest absolute Gasteiger partial charge is 0.0897 e. The predicted octanol–water partition coefficient (Wildman–Crippen LogP) is 0.646. The molecule has 0 spiro atoms. The zero-order valence-corrected chi connectivity index (χ0v) is 10.4. The molecule has 2 atom stereocenters. The van der Waals surface area contributed by atoms with Gasteiger partial charge in [0.25, 0.3) is 0 Å². The SMILES string of the molecule is COCC(C)CNCC(O)COCC1CC1. The van der Waals surface area contributed by atoms with Crippen LogP contribution in [0.4, 0.5) is 0 Å². The zero-order valence-electron chi connectivity index (χ0n) is 10.4. The van der Waals surface area contributed by atoms with Gasteiger partial charge < -0.3 is 19.9 Å². The van der Waals surface area contributed by atoms with Crippen molar-refractivity contribution in [2.45, 2.75) is 25.9 Å². The highest BCUT2D eigenvalue weighted by atomic mass is 16.5. The largest absolute Gasteiger partial charge is 0.389 e. The minimum atomic E-state index is -0.395. The van der Waals surface area contributed by atoms with Crippen LogP contribution in [0.15, 0.2) is 0 Å². The van der Waals surface area contributed by atoms with Crippen LogP contribution in [0.2, 0.25) is 0 Å². The number of hydrogen-bond donors (Lipinski definition) is 2. The van der Waals surface area contributed by atoms with Crippen LogP contribution in [0.25, 0.3) is 0 Å². The van der Waals surface area contributed by atoms with Gasteiger partial charge in [-0.2, -0.15) is 0 Å². The van der Waals surface area contributed by atoms with Gasteiger partial charge in [0, 0.05) is 26.9 Å². The Balaban J connectivity index is 1.86. The second-order valence-electron chi connectivity index (χ2n) is 4.85. The van der Waals surface area contributed by atoms with Crippen molar-refractivity contribution in [3.8, 4) is 0 Å². The van der Waals surface area contributed by atoms with E-state index in [9.17, 15) is 5.11 Å². The zero-order chi connectivity index (χ0) is 11.8. The molecule has 1 fully saturated rings. The van der Waals surface area contributed by atoms with Gasteiger partial charge >= 0.3 is 0 Å². The summed E-state index contributed by atoms with van der Waals surface area (Å²) in [5.74, 6) is 1.24. The molecule has 0 aliphatic heterocycles. The number of aliphatic hydroxyl groups is 1. The van der Waals surface area contributed by atoms with Crippen LogP contribution in [0.1, 0.15) is 19.8 Å². The molecule has 0 radical (unpaired) electrons. The molecule has 4 heteroatoms. The summed E-state index contributed by atoms with van der Waals surface area (Å²) in [5.41, 5.74) is 0. The molecule has 0 saturated heterocycles. The van der Waals surface area contributed by atoms with Crippen LogP contribution in [0, 0.1) is 11.8 Å². The second kappa shape index (κ2) is 8.01. The fraction of sp³-hybridized carbons (Fsp3) is 1.00. The summed E-state index contributed by atoms with van der Waals surface area (Å²) in [6, 6.07) is 0. The fourth-order valence-electron chi connectivity index (χ4n) is 1.55. The Morgan fingerprint density at radius 2 is 2.06 bits per heavy atom. The van der Waals surface area contributed by atoms with Gasteiger partial charge in [-0.05, 0) is 31.2 Å². The molecule has 1 aliphatic rings. The van der Waals surface area contributed by atoms with E-state index in [0.717, 1.165) is 25.7 Å². The van der Waals surface area contributed by atoms with E-state index in [1.807, 2.05) is 0 Å². The van der Waals surface area contributed by atoms with Crippen LogP contribution in [0.5, 0.6) is 0 Å². The molecule has 2 unspecified atom stereocenters. The van der Waals surface area contributed by atoms with Gasteiger partial charge in [0.05, 0.1) is 12.7 Å². The van der Waals surface area contributed by atoms with Crippen molar-refractivity contribution in [3.63, 3.8) is 0 Å². The number of hydrogen-bond acceptors (Lipinski definition) is 4. The molecular weight excluding hydrogens is 206 g/mol. The lowest BCUT2D eigenvalue weighted by Gasteiger charge is -2.15. The minimum Gasteiger partial charge on any atom is -0.389 e. The summed E-state index contributed by atoms with van der Waals surface area (Å²) in [6.45, 7) is 5.60. The van der Waals surface area contributed by atoms with E-state index in [1.54, 1.807) is 7.11 Å². The number of rotatable bonds is 10. The van der Waals surface area contributed by atoms with Crippen molar-refractivity contribution in [3.05, 3.63) is 0 Å². The van der Waals surface area contributed by atoms with Crippen molar-refractivity contribution < 1.29 is 14.6 Å². The maximum Gasteiger partial charge on any atom is 0.0897 e. The van der Waals surface area contributed by atoms with Crippen molar-refractivity contribution in [1.82, 2.24) is 5.32 Å². The number of methoxy groups -OCH3 is 1. The first kappa shape index (κ1) is 13.9. The monoisotopic (exact) mass is 231 g/mol. The van der Waals surface area contributed by atoms with Crippen LogP contribution in [-0.4, -0.2) is 51.2 Å². The van der Waals surface area contributed by atoms with E-state index < -0.39 is 6.10 Å². The van der Waals surface area contributed by atoms with E-state index in [-0.39, 0.29) is 0 Å². The van der Waals surface area contributed by atoms with E-state index in [4.69, 9.17) is 9.47 Å². The highest BCUT2D eigenvalue weighted by molar-refractivity contribution is 4.72. The average Bonchev–Trinajstić information content (AvgIpc) is 3.02. The molecular formula is C12H25NO3. The predicted molar refractivity (Wildman–Crippen MR) is 63.5 cm³/mol. The third kappa shape index (κ3) is 7.17. The highest BCUT2D eigenvalue weighted by Crippen LogP contribution is 2.28. The third-order valence-electron chi connectivity index (χ3n) is 2.68. The van der Waals surface area contributed by atoms with E-state index in [2.05, 4.69) is 12.2 Å². The summed E-state index contributed by atoms with van der Waals surface area (Å²) in [4.78, 5) is 0. The molecule has 2 N–H and O–H groups in total. The molecule has 4 nitrogen and oxygen atoms in total. The number of ether oxygens (including phenoxy) is 2. The Hall–Kier alpha value is -0.160. The van der Waals surface area contributed by atoms with Crippen LogP contribution >= 0.6 is 0 Å². The highest BCUT2D eigenvalue weighted by Gasteiger charge is 2.21. The fourth-order valence-corrected chi connectivity index (χ4v) is 1.55. The average molecular weight is 231 g/mol. The molecule has 1 rings (SSSR count). The van der Waals surface area contributed by atoms with Crippen molar-refractivity contribution in [1.29, 1.82) is 0 Å². The first-order valence-electron chi connectivity index (χ1n) is 6.17. The van der Waals surface area contributed by atoms with Crippen molar-refractivity contribution >= 4 is 0 Å². The van der Waals surface area contributed by atoms with E-state index in [0.29, 0.717) is 19.1 Å². The molecule has 96 valence electrons. The van der Waals surface area contributed by atoms with Gasteiger partial charge in [-0.3, -0.25) is 0 Å². The van der Waals surface area contributed by atoms with Crippen LogP contribution in [-0.2, 0) is 9.47 Å². The molecule has 0 aromatic rings. The Morgan fingerprint density at radius 3 is 2.69 bits per heavy atom. The number of aliphatic hydroxyl groups excluding tert-OH is 1. The summed E-state index contributed by atoms with van der Waals surface area (Å²) in [7, 11) is 1.71. The Labute approximate surface area is 98.3 Å². The second-order valence-corrected chi connectivity index (χ2v) is 4.85. The third-order valence-corrected chi connectivity index (χ3v) is 2.68. The first-order chi connectivity index (χ1) is 7.72. The van der Waals surface area contributed by atoms with E-state index in [1.165, 1.54) is 12.8 Å². The lowest BCUT2D eigenvalue weighted by Crippen LogP contribution is -2.34. The quantitative estimate of drug-likeness (QED) is 0.579. The van der Waals surface area contributed by atoms with Gasteiger partial charge in [0.1, 0.15) is 0 Å². The van der Waals surface area contributed by atoms with Crippen molar-refractivity contribution in [2.24, 2.45) is 11.8 Å². The topological polar surface area (TPSA) is 50.7 Å². The Morgan fingerprint density at radius 1 is 1.31 bits per heavy atom. The molecule has 0 bridgehead atoms. The summed E-state index contributed by atoms with van der Waals surface area (Å²) >= 11 is 0. The summed E-state index contributed by atoms with van der Waals surface area (Å²) in [5, 5.41) is 12.8. The molecule has 0 aromatic heterocycles. The summed E-state index contributed by atoms with van der Waals surface area (Å²) in [6.07, 6.45) is 2.19. The van der Waals surface area contributed by atoms with Gasteiger partial charge in [-0.25, -0.2) is 0 Å². The van der Waals surface area contributed by atoms with Gasteiger partial charge in [0.2, 0.25) is 0 Å². The van der Waals surface area contributed by atoms with E-state index >= 15 is 0 Å². The number of nitrogens with one attached hydrogen (secondary N) is 1. The molecule has 1 saturated carbocycles. The maximum absolute atomic E-state index is 9.61. The van der Waals surface area contributed by atoms with Crippen LogP contribution in [0.3, 0.4) is 0 Å².